The Morgan fingerprint density at radius 3 is 2.70 bits per heavy atom. The first kappa shape index (κ1) is 17.5. The van der Waals surface area contributed by atoms with E-state index in [4.69, 9.17) is 5.73 Å². The minimum Gasteiger partial charge on any atom is -0.478 e. The molecule has 23 heavy (non-hydrogen) atoms. The molecule has 0 aliphatic heterocycles. The number of amidine groups is 1. The minimum atomic E-state index is -1.000. The average molecular weight is 439 g/mol. The molecule has 0 saturated heterocycles. The zero-order chi connectivity index (χ0) is 16.7. The van der Waals surface area contributed by atoms with Crippen LogP contribution in [0.15, 0.2) is 58.7 Å². The molecule has 0 heterocycles. The number of thioether (sulfide) groups is 1. The van der Waals surface area contributed by atoms with Crippen molar-refractivity contribution in [3.05, 3.63) is 68.8 Å². The van der Waals surface area contributed by atoms with Crippen molar-refractivity contribution in [3.63, 3.8) is 0 Å². The van der Waals surface area contributed by atoms with Crippen molar-refractivity contribution in [1.82, 2.24) is 0 Å². The average Bonchev–Trinajstić information content (AvgIpc) is 2.55. The molecule has 0 bridgehead atoms. The maximum absolute atomic E-state index is 11.2. The van der Waals surface area contributed by atoms with Crippen molar-refractivity contribution in [3.8, 4) is 0 Å². The second kappa shape index (κ2) is 8.68. The van der Waals surface area contributed by atoms with E-state index in [9.17, 15) is 9.90 Å². The lowest BCUT2D eigenvalue weighted by Gasteiger charge is -2.01. The molecule has 2 aromatic carbocycles. The smallest absolute Gasteiger partial charge is 0.336 e. The van der Waals surface area contributed by atoms with Crippen molar-refractivity contribution in [2.45, 2.75) is 5.75 Å². The van der Waals surface area contributed by atoms with Crippen molar-refractivity contribution < 1.29 is 9.90 Å². The van der Waals surface area contributed by atoms with Crippen molar-refractivity contribution in [1.29, 1.82) is 0 Å². The van der Waals surface area contributed by atoms with Crippen LogP contribution < -0.4 is 5.73 Å². The first-order chi connectivity index (χ1) is 11.1. The van der Waals surface area contributed by atoms with Gasteiger partial charge >= 0.3 is 5.97 Å². The highest BCUT2D eigenvalue weighted by Crippen LogP contribution is 2.13. The van der Waals surface area contributed by atoms with Gasteiger partial charge in [-0.1, -0.05) is 48.2 Å². The van der Waals surface area contributed by atoms with Gasteiger partial charge in [-0.05, 0) is 40.3 Å². The largest absolute Gasteiger partial charge is 0.478 e. The van der Waals surface area contributed by atoms with Gasteiger partial charge in [0, 0.05) is 14.9 Å². The molecule has 0 spiro atoms. The van der Waals surface area contributed by atoms with Crippen LogP contribution in [0.5, 0.6) is 0 Å². The second-order valence-electron chi connectivity index (χ2n) is 4.49. The lowest BCUT2D eigenvalue weighted by atomic mass is 10.1. The molecule has 0 radical (unpaired) electrons. The summed E-state index contributed by atoms with van der Waals surface area (Å²) in [6.07, 6.45) is 1.40. The van der Waals surface area contributed by atoms with Crippen LogP contribution in [0.3, 0.4) is 0 Å². The zero-order valence-corrected chi connectivity index (χ0v) is 15.0. The van der Waals surface area contributed by atoms with Crippen molar-refractivity contribution in [2.24, 2.45) is 15.9 Å². The van der Waals surface area contributed by atoms with Gasteiger partial charge < -0.3 is 10.8 Å². The van der Waals surface area contributed by atoms with Gasteiger partial charge in [0.15, 0.2) is 5.17 Å². The fourth-order valence-corrected chi connectivity index (χ4v) is 2.84. The summed E-state index contributed by atoms with van der Waals surface area (Å²) in [6.45, 7) is 0. The van der Waals surface area contributed by atoms with Crippen LogP contribution in [0.2, 0.25) is 0 Å². The molecule has 0 aliphatic carbocycles. The summed E-state index contributed by atoms with van der Waals surface area (Å²) in [4.78, 5) is 11.2. The van der Waals surface area contributed by atoms with Gasteiger partial charge in [0.05, 0.1) is 11.8 Å². The van der Waals surface area contributed by atoms with E-state index in [0.29, 0.717) is 16.5 Å². The number of benzene rings is 2. The quantitative estimate of drug-likeness (QED) is 0.323. The monoisotopic (exact) mass is 439 g/mol. The number of carbonyl (C=O) groups is 1. The van der Waals surface area contributed by atoms with Crippen LogP contribution in [0.1, 0.15) is 21.5 Å². The van der Waals surface area contributed by atoms with Gasteiger partial charge in [-0.15, -0.1) is 5.10 Å². The highest BCUT2D eigenvalue weighted by Gasteiger charge is 2.08. The Kier molecular flexibility index (Phi) is 6.60. The third-order valence-corrected chi connectivity index (χ3v) is 4.35. The van der Waals surface area contributed by atoms with E-state index in [-0.39, 0.29) is 5.56 Å². The minimum absolute atomic E-state index is 0.186. The van der Waals surface area contributed by atoms with Crippen LogP contribution in [-0.4, -0.2) is 22.5 Å². The third-order valence-electron chi connectivity index (χ3n) is 2.83. The van der Waals surface area contributed by atoms with Gasteiger partial charge in [0.25, 0.3) is 0 Å². The highest BCUT2D eigenvalue weighted by molar-refractivity contribution is 14.1. The summed E-state index contributed by atoms with van der Waals surface area (Å²) < 4.78 is 0.846. The Bertz CT molecular complexity index is 748. The lowest BCUT2D eigenvalue weighted by molar-refractivity contribution is 0.0696. The van der Waals surface area contributed by atoms with E-state index in [0.717, 1.165) is 9.13 Å². The summed E-state index contributed by atoms with van der Waals surface area (Å²) in [5, 5.41) is 17.3. The van der Waals surface area contributed by atoms with E-state index in [2.05, 4.69) is 32.8 Å². The molecule has 0 aliphatic rings. The lowest BCUT2D eigenvalue weighted by Crippen LogP contribution is -2.06. The number of aromatic carboxylic acids is 1. The number of hydrogen-bond acceptors (Lipinski definition) is 4. The van der Waals surface area contributed by atoms with Crippen LogP contribution in [-0.2, 0) is 5.75 Å². The summed E-state index contributed by atoms with van der Waals surface area (Å²) in [5.74, 6) is -0.296. The maximum Gasteiger partial charge on any atom is 0.336 e. The molecule has 5 nitrogen and oxygen atoms in total. The van der Waals surface area contributed by atoms with Crippen LogP contribution >= 0.6 is 34.4 Å². The molecule has 0 unspecified atom stereocenters. The summed E-state index contributed by atoms with van der Waals surface area (Å²) in [7, 11) is 0. The number of rotatable bonds is 5. The van der Waals surface area contributed by atoms with Gasteiger partial charge in [0.1, 0.15) is 0 Å². The normalized spacial score (nSPS) is 11.8. The molecule has 0 amide bonds. The van der Waals surface area contributed by atoms with Gasteiger partial charge in [-0.3, -0.25) is 0 Å². The zero-order valence-electron chi connectivity index (χ0n) is 12.0. The summed E-state index contributed by atoms with van der Waals surface area (Å²) in [6, 6.07) is 15.0. The Morgan fingerprint density at radius 1 is 1.26 bits per heavy atom. The van der Waals surface area contributed by atoms with Crippen LogP contribution in [0, 0.1) is 3.57 Å². The summed E-state index contributed by atoms with van der Waals surface area (Å²) in [5.41, 5.74) is 7.61. The van der Waals surface area contributed by atoms with Crippen LogP contribution in [0.4, 0.5) is 0 Å². The van der Waals surface area contributed by atoms with E-state index < -0.39 is 5.97 Å². The SMILES string of the molecule is NC(=NN=Cc1ccc(I)cc1C(=O)O)SCc1ccccc1. The Morgan fingerprint density at radius 2 is 2.00 bits per heavy atom. The number of carboxylic acid groups (broad SMARTS) is 1. The van der Waals surface area contributed by atoms with Gasteiger partial charge in [-0.25, -0.2) is 4.79 Å². The molecule has 3 N–H and O–H groups in total. The Balaban J connectivity index is 2.01. The molecule has 2 aromatic rings. The summed E-state index contributed by atoms with van der Waals surface area (Å²) >= 11 is 3.44. The van der Waals surface area contributed by atoms with E-state index in [1.807, 2.05) is 36.4 Å². The molecule has 0 saturated carbocycles. The Hall–Kier alpha value is -1.87. The van der Waals surface area contributed by atoms with Gasteiger partial charge in [-0.2, -0.15) is 5.10 Å². The standard InChI is InChI=1S/C16H14IN3O2S/c17-13-7-6-12(14(8-13)15(21)22)9-19-20-16(18)23-10-11-4-2-1-3-5-11/h1-9H,10H2,(H2,18,20)(H,21,22). The maximum atomic E-state index is 11.2. The highest BCUT2D eigenvalue weighted by atomic mass is 127. The molecule has 0 fully saturated rings. The van der Waals surface area contributed by atoms with Crippen molar-refractivity contribution >= 4 is 51.7 Å². The first-order valence-electron chi connectivity index (χ1n) is 6.62. The fourth-order valence-electron chi connectivity index (χ4n) is 1.73. The van der Waals surface area contributed by atoms with E-state index in [1.165, 1.54) is 18.0 Å². The molecular formula is C16H14IN3O2S. The van der Waals surface area contributed by atoms with E-state index in [1.54, 1.807) is 12.1 Å². The number of nitrogens with two attached hydrogens (primary N) is 1. The third kappa shape index (κ3) is 5.68. The molecular weight excluding hydrogens is 425 g/mol. The first-order valence-corrected chi connectivity index (χ1v) is 8.69. The second-order valence-corrected chi connectivity index (χ2v) is 6.74. The number of halogens is 1. The van der Waals surface area contributed by atoms with Crippen LogP contribution in [0.25, 0.3) is 0 Å². The molecule has 0 aromatic heterocycles. The van der Waals surface area contributed by atoms with E-state index >= 15 is 0 Å². The topological polar surface area (TPSA) is 88.0 Å². The Labute approximate surface area is 151 Å². The predicted molar refractivity (Wildman–Crippen MR) is 103 cm³/mol. The fraction of sp³-hybridized carbons (Fsp3) is 0.0625. The predicted octanol–water partition coefficient (Wildman–Crippen LogP) is 3.57. The number of hydrogen-bond donors (Lipinski definition) is 2. The van der Waals surface area contributed by atoms with Gasteiger partial charge in [0.2, 0.25) is 0 Å². The number of carboxylic acids is 1. The number of nitrogens with zero attached hydrogens (tertiary/aromatic N) is 2. The molecule has 0 atom stereocenters. The molecule has 7 heteroatoms. The van der Waals surface area contributed by atoms with Crippen molar-refractivity contribution in [2.75, 3.05) is 0 Å². The molecule has 118 valence electrons. The molecule has 2 rings (SSSR count).